The van der Waals surface area contributed by atoms with E-state index in [0.717, 1.165) is 37.3 Å². The highest BCUT2D eigenvalue weighted by Gasteiger charge is 2.28. The van der Waals surface area contributed by atoms with Crippen molar-refractivity contribution in [2.24, 2.45) is 11.7 Å². The average Bonchev–Trinajstić information content (AvgIpc) is 2.46. The van der Waals surface area contributed by atoms with Crippen LogP contribution < -0.4 is 11.1 Å². The van der Waals surface area contributed by atoms with Crippen LogP contribution in [0.3, 0.4) is 0 Å². The van der Waals surface area contributed by atoms with Gasteiger partial charge < -0.3 is 16.2 Å². The van der Waals surface area contributed by atoms with E-state index in [0.29, 0.717) is 5.69 Å². The molecule has 0 aromatic heterocycles. The monoisotopic (exact) mass is 288 g/mol. The number of anilines is 1. The Labute approximate surface area is 123 Å². The van der Waals surface area contributed by atoms with E-state index in [-0.39, 0.29) is 17.9 Å². The van der Waals surface area contributed by atoms with Crippen LogP contribution in [0.1, 0.15) is 31.2 Å². The minimum absolute atomic E-state index is 0.0541. The Balaban J connectivity index is 2.03. The van der Waals surface area contributed by atoms with Crippen molar-refractivity contribution >= 4 is 23.6 Å². The quantitative estimate of drug-likeness (QED) is 0.741. The summed E-state index contributed by atoms with van der Waals surface area (Å²) in [6.07, 6.45) is 6.39. The number of hydrogen-bond acceptors (Lipinski definition) is 3. The maximum Gasteiger partial charge on any atom is 0.328 e. The Morgan fingerprint density at radius 3 is 2.76 bits per heavy atom. The van der Waals surface area contributed by atoms with Crippen molar-refractivity contribution < 1.29 is 14.7 Å². The maximum atomic E-state index is 12.3. The van der Waals surface area contributed by atoms with E-state index < -0.39 is 5.97 Å². The zero-order valence-corrected chi connectivity index (χ0v) is 11.8. The number of aliphatic carboxylic acids is 1. The molecule has 2 rings (SSSR count). The average molecular weight is 288 g/mol. The second kappa shape index (κ2) is 7.04. The number of carbonyl (C=O) groups is 2. The molecular weight excluding hydrogens is 268 g/mol. The first-order chi connectivity index (χ1) is 10.1. The van der Waals surface area contributed by atoms with Crippen LogP contribution in [0.2, 0.25) is 0 Å². The lowest BCUT2D eigenvalue weighted by Gasteiger charge is -2.27. The van der Waals surface area contributed by atoms with E-state index in [1.807, 2.05) is 0 Å². The predicted molar refractivity (Wildman–Crippen MR) is 81.7 cm³/mol. The van der Waals surface area contributed by atoms with Crippen LogP contribution in [-0.2, 0) is 9.59 Å². The highest BCUT2D eigenvalue weighted by molar-refractivity contribution is 5.93. The smallest absolute Gasteiger partial charge is 0.328 e. The largest absolute Gasteiger partial charge is 0.478 e. The van der Waals surface area contributed by atoms with Crippen molar-refractivity contribution in [2.45, 2.75) is 31.7 Å². The summed E-state index contributed by atoms with van der Waals surface area (Å²) in [4.78, 5) is 22.8. The minimum atomic E-state index is -1.00. The fraction of sp³-hybridized carbons (Fsp3) is 0.375. The molecule has 1 aromatic rings. The normalized spacial score (nSPS) is 22.1. The van der Waals surface area contributed by atoms with Gasteiger partial charge in [-0.25, -0.2) is 4.79 Å². The molecule has 0 radical (unpaired) electrons. The second-order valence-corrected chi connectivity index (χ2v) is 5.34. The van der Waals surface area contributed by atoms with Crippen LogP contribution in [0, 0.1) is 5.92 Å². The third-order valence-corrected chi connectivity index (χ3v) is 3.73. The lowest BCUT2D eigenvalue weighted by Crippen LogP contribution is -2.40. The summed E-state index contributed by atoms with van der Waals surface area (Å²) in [6, 6.07) is 7.00. The fourth-order valence-electron chi connectivity index (χ4n) is 2.61. The van der Waals surface area contributed by atoms with Crippen molar-refractivity contribution in [2.75, 3.05) is 5.32 Å². The summed E-state index contributed by atoms with van der Waals surface area (Å²) in [6.45, 7) is 0. The van der Waals surface area contributed by atoms with Gasteiger partial charge in [0.1, 0.15) is 0 Å². The van der Waals surface area contributed by atoms with Gasteiger partial charge in [0, 0.05) is 17.8 Å². The Bertz CT molecular complexity index is 554. The molecule has 0 heterocycles. The summed E-state index contributed by atoms with van der Waals surface area (Å²) < 4.78 is 0. The first-order valence-electron chi connectivity index (χ1n) is 7.14. The number of hydrogen-bond donors (Lipinski definition) is 3. The highest BCUT2D eigenvalue weighted by Crippen LogP contribution is 2.24. The van der Waals surface area contributed by atoms with Crippen LogP contribution in [-0.4, -0.2) is 23.0 Å². The lowest BCUT2D eigenvalue weighted by molar-refractivity contribution is -0.131. The topological polar surface area (TPSA) is 92.4 Å². The zero-order valence-electron chi connectivity index (χ0n) is 11.8. The van der Waals surface area contributed by atoms with Gasteiger partial charge in [-0.3, -0.25) is 4.79 Å². The molecule has 1 aromatic carbocycles. The number of nitrogens with two attached hydrogens (primary N) is 1. The second-order valence-electron chi connectivity index (χ2n) is 5.34. The van der Waals surface area contributed by atoms with E-state index in [2.05, 4.69) is 5.32 Å². The first-order valence-corrected chi connectivity index (χ1v) is 7.14. The van der Waals surface area contributed by atoms with Crippen molar-refractivity contribution in [3.63, 3.8) is 0 Å². The fourth-order valence-corrected chi connectivity index (χ4v) is 2.61. The summed E-state index contributed by atoms with van der Waals surface area (Å²) in [5.74, 6) is -1.20. The molecule has 0 aliphatic heterocycles. The number of nitrogens with one attached hydrogen (secondary N) is 1. The number of benzene rings is 1. The van der Waals surface area contributed by atoms with Crippen molar-refractivity contribution in [1.29, 1.82) is 0 Å². The summed E-state index contributed by atoms with van der Waals surface area (Å²) >= 11 is 0. The molecule has 0 bridgehead atoms. The van der Waals surface area contributed by atoms with Crippen molar-refractivity contribution in [1.82, 2.24) is 0 Å². The van der Waals surface area contributed by atoms with E-state index in [1.54, 1.807) is 24.3 Å². The van der Waals surface area contributed by atoms with Crippen LogP contribution >= 0.6 is 0 Å². The molecule has 5 nitrogen and oxygen atoms in total. The SMILES string of the molecule is NC1CCCCC1C(=O)Nc1cccc(/C=C/C(=O)O)c1. The van der Waals surface area contributed by atoms with E-state index in [4.69, 9.17) is 10.8 Å². The molecule has 1 fully saturated rings. The van der Waals surface area contributed by atoms with E-state index in [9.17, 15) is 9.59 Å². The molecule has 21 heavy (non-hydrogen) atoms. The molecular formula is C16H20N2O3. The van der Waals surface area contributed by atoms with Gasteiger partial charge in [0.15, 0.2) is 0 Å². The number of rotatable bonds is 4. The van der Waals surface area contributed by atoms with Gasteiger partial charge >= 0.3 is 5.97 Å². The van der Waals surface area contributed by atoms with Gasteiger partial charge in [0.2, 0.25) is 5.91 Å². The van der Waals surface area contributed by atoms with Gasteiger partial charge in [-0.2, -0.15) is 0 Å². The van der Waals surface area contributed by atoms with Crippen LogP contribution in [0.4, 0.5) is 5.69 Å². The highest BCUT2D eigenvalue weighted by atomic mass is 16.4. The molecule has 1 aliphatic carbocycles. The summed E-state index contributed by atoms with van der Waals surface area (Å²) in [7, 11) is 0. The Morgan fingerprint density at radius 2 is 2.05 bits per heavy atom. The molecule has 4 N–H and O–H groups in total. The van der Waals surface area contributed by atoms with Crippen LogP contribution in [0.5, 0.6) is 0 Å². The third-order valence-electron chi connectivity index (χ3n) is 3.73. The molecule has 2 unspecified atom stereocenters. The van der Waals surface area contributed by atoms with Gasteiger partial charge in [-0.1, -0.05) is 25.0 Å². The molecule has 5 heteroatoms. The summed E-state index contributed by atoms with van der Waals surface area (Å²) in [5.41, 5.74) is 7.39. The van der Waals surface area contributed by atoms with Gasteiger partial charge in [0.25, 0.3) is 0 Å². The number of amides is 1. The third kappa shape index (κ3) is 4.43. The minimum Gasteiger partial charge on any atom is -0.478 e. The molecule has 0 saturated heterocycles. The number of carboxylic acid groups (broad SMARTS) is 1. The molecule has 1 saturated carbocycles. The van der Waals surface area contributed by atoms with E-state index in [1.165, 1.54) is 6.08 Å². The van der Waals surface area contributed by atoms with Crippen LogP contribution in [0.25, 0.3) is 6.08 Å². The maximum absolute atomic E-state index is 12.3. The molecule has 1 aliphatic rings. The van der Waals surface area contributed by atoms with E-state index >= 15 is 0 Å². The number of carboxylic acids is 1. The first kappa shape index (κ1) is 15.3. The summed E-state index contributed by atoms with van der Waals surface area (Å²) in [5, 5.41) is 11.5. The Kier molecular flexibility index (Phi) is 5.11. The zero-order chi connectivity index (χ0) is 15.2. The predicted octanol–water partition coefficient (Wildman–Crippen LogP) is 2.24. The lowest BCUT2D eigenvalue weighted by atomic mass is 9.84. The standard InChI is InChI=1S/C16H20N2O3/c17-14-7-2-1-6-13(14)16(21)18-12-5-3-4-11(10-12)8-9-15(19)20/h3-5,8-10,13-14H,1-2,6-7,17H2,(H,18,21)(H,19,20)/b9-8+. The molecule has 112 valence electrons. The van der Waals surface area contributed by atoms with Crippen molar-refractivity contribution in [3.8, 4) is 0 Å². The Morgan fingerprint density at radius 1 is 1.29 bits per heavy atom. The van der Waals surface area contributed by atoms with Gasteiger partial charge in [-0.15, -0.1) is 0 Å². The van der Waals surface area contributed by atoms with Gasteiger partial charge in [-0.05, 0) is 36.6 Å². The molecule has 0 spiro atoms. The molecule has 1 amide bonds. The Hall–Kier alpha value is -2.14. The van der Waals surface area contributed by atoms with Crippen LogP contribution in [0.15, 0.2) is 30.3 Å². The number of carbonyl (C=O) groups excluding carboxylic acids is 1. The molecule has 2 atom stereocenters. The van der Waals surface area contributed by atoms with Gasteiger partial charge in [0.05, 0.1) is 5.92 Å². The van der Waals surface area contributed by atoms with Crippen molar-refractivity contribution in [3.05, 3.63) is 35.9 Å².